The van der Waals surface area contributed by atoms with E-state index >= 15 is 0 Å². The molecule has 0 unspecified atom stereocenters. The van der Waals surface area contributed by atoms with Crippen molar-refractivity contribution in [1.82, 2.24) is 9.88 Å². The van der Waals surface area contributed by atoms with Gasteiger partial charge in [-0.05, 0) is 26.3 Å². The second-order valence-corrected chi connectivity index (χ2v) is 5.04. The van der Waals surface area contributed by atoms with Crippen LogP contribution in [0.1, 0.15) is 37.2 Å². The molecule has 2 heterocycles. The van der Waals surface area contributed by atoms with Gasteiger partial charge >= 0.3 is 0 Å². The number of rotatable bonds is 3. The predicted molar refractivity (Wildman–Crippen MR) is 62.0 cm³/mol. The Balaban J connectivity index is 2.07. The lowest BCUT2D eigenvalue weighted by molar-refractivity contribution is 0.0587. The van der Waals surface area contributed by atoms with Gasteiger partial charge in [-0.3, -0.25) is 4.90 Å². The molecular weight excluding hydrogens is 208 g/mol. The molecule has 0 saturated carbocycles. The van der Waals surface area contributed by atoms with Crippen molar-refractivity contribution in [3.8, 4) is 0 Å². The van der Waals surface area contributed by atoms with Gasteiger partial charge in [0.15, 0.2) is 0 Å². The van der Waals surface area contributed by atoms with Crippen molar-refractivity contribution in [2.45, 2.75) is 38.3 Å². The number of thiazole rings is 1. The Hall–Kier alpha value is -0.450. The molecule has 84 valence electrons. The van der Waals surface area contributed by atoms with Crippen LogP contribution < -0.4 is 0 Å². The van der Waals surface area contributed by atoms with Crippen molar-refractivity contribution >= 4 is 11.3 Å². The normalized spacial score (nSPS) is 25.3. The highest BCUT2D eigenvalue weighted by atomic mass is 32.1. The van der Waals surface area contributed by atoms with Gasteiger partial charge < -0.3 is 5.11 Å². The average molecular weight is 226 g/mol. The summed E-state index contributed by atoms with van der Waals surface area (Å²) >= 11 is 1.70. The van der Waals surface area contributed by atoms with Gasteiger partial charge in [0.2, 0.25) is 0 Å². The molecule has 1 saturated heterocycles. The summed E-state index contributed by atoms with van der Waals surface area (Å²) in [5, 5.41) is 12.5. The minimum absolute atomic E-state index is 0.274. The van der Waals surface area contributed by atoms with E-state index in [-0.39, 0.29) is 6.61 Å². The molecule has 1 aliphatic rings. The van der Waals surface area contributed by atoms with E-state index in [4.69, 9.17) is 0 Å². The molecule has 0 aliphatic carbocycles. The number of piperidine rings is 1. The Morgan fingerprint density at radius 1 is 1.67 bits per heavy atom. The van der Waals surface area contributed by atoms with Crippen LogP contribution in [0.5, 0.6) is 0 Å². The largest absolute Gasteiger partial charge is 0.395 e. The molecule has 0 bridgehead atoms. The van der Waals surface area contributed by atoms with Crippen molar-refractivity contribution in [2.75, 3.05) is 13.2 Å². The zero-order chi connectivity index (χ0) is 10.7. The molecular formula is C11H18N2OS. The van der Waals surface area contributed by atoms with Crippen molar-refractivity contribution in [1.29, 1.82) is 0 Å². The highest BCUT2D eigenvalue weighted by Gasteiger charge is 2.27. The smallest absolute Gasteiger partial charge is 0.109 e. The molecule has 2 atom stereocenters. The molecule has 15 heavy (non-hydrogen) atoms. The van der Waals surface area contributed by atoms with Crippen LogP contribution in [0.3, 0.4) is 0 Å². The van der Waals surface area contributed by atoms with Gasteiger partial charge in [-0.2, -0.15) is 0 Å². The minimum atomic E-state index is 0.274. The summed E-state index contributed by atoms with van der Waals surface area (Å²) in [5.41, 5.74) is 0. The number of likely N-dealkylation sites (tertiary alicyclic amines) is 1. The summed E-state index contributed by atoms with van der Waals surface area (Å²) in [7, 11) is 0. The Bertz CT molecular complexity index is 289. The second kappa shape index (κ2) is 5.05. The van der Waals surface area contributed by atoms with E-state index < -0.39 is 0 Å². The summed E-state index contributed by atoms with van der Waals surface area (Å²) in [5.74, 6) is 0. The lowest BCUT2D eigenvalue weighted by Crippen LogP contribution is -2.43. The molecule has 1 aromatic heterocycles. The molecule has 4 heteroatoms. The van der Waals surface area contributed by atoms with Crippen LogP contribution in [0.15, 0.2) is 11.6 Å². The Kier molecular flexibility index (Phi) is 3.72. The highest BCUT2D eigenvalue weighted by Crippen LogP contribution is 2.28. The van der Waals surface area contributed by atoms with E-state index in [9.17, 15) is 5.11 Å². The van der Waals surface area contributed by atoms with Crippen molar-refractivity contribution < 1.29 is 5.11 Å². The van der Waals surface area contributed by atoms with E-state index in [1.165, 1.54) is 12.8 Å². The first-order valence-corrected chi connectivity index (χ1v) is 6.47. The number of nitrogens with zero attached hydrogens (tertiary/aromatic N) is 2. The molecule has 0 radical (unpaired) electrons. The third-order valence-electron chi connectivity index (χ3n) is 3.19. The minimum Gasteiger partial charge on any atom is -0.395 e. The van der Waals surface area contributed by atoms with Crippen molar-refractivity contribution in [2.24, 2.45) is 0 Å². The van der Waals surface area contributed by atoms with Gasteiger partial charge in [-0.1, -0.05) is 6.42 Å². The summed E-state index contributed by atoms with van der Waals surface area (Å²) in [6.45, 7) is 3.55. The topological polar surface area (TPSA) is 36.4 Å². The standard InChI is InChI=1S/C11H18N2OS/c1-9(11-12-5-7-15-11)13-6-3-2-4-10(13)8-14/h5,7,9-10,14H,2-4,6,8H2,1H3/t9-,10+/m0/s1. The van der Waals surface area contributed by atoms with Gasteiger partial charge in [-0.15, -0.1) is 11.3 Å². The van der Waals surface area contributed by atoms with Gasteiger partial charge in [0.05, 0.1) is 12.6 Å². The molecule has 2 rings (SSSR count). The molecule has 0 spiro atoms. The molecule has 0 aromatic carbocycles. The first kappa shape index (κ1) is 11.0. The van der Waals surface area contributed by atoms with Crippen LogP contribution in [0, 0.1) is 0 Å². The first-order valence-electron chi connectivity index (χ1n) is 5.59. The Labute approximate surface area is 94.8 Å². The van der Waals surface area contributed by atoms with Gasteiger partial charge in [0, 0.05) is 17.6 Å². The van der Waals surface area contributed by atoms with Crippen LogP contribution in [-0.4, -0.2) is 34.2 Å². The Morgan fingerprint density at radius 3 is 3.20 bits per heavy atom. The fourth-order valence-electron chi connectivity index (χ4n) is 2.31. The zero-order valence-corrected chi connectivity index (χ0v) is 9.91. The third-order valence-corrected chi connectivity index (χ3v) is 4.14. The average Bonchev–Trinajstić information content (AvgIpc) is 2.81. The molecule has 0 amide bonds. The lowest BCUT2D eigenvalue weighted by atomic mass is 10.0. The molecule has 1 fully saturated rings. The SMILES string of the molecule is C[C@@H](c1nccs1)N1CCCC[C@@H]1CO. The van der Waals surface area contributed by atoms with E-state index in [1.807, 2.05) is 11.6 Å². The summed E-state index contributed by atoms with van der Waals surface area (Å²) in [4.78, 5) is 6.75. The van der Waals surface area contributed by atoms with E-state index in [0.717, 1.165) is 18.0 Å². The Morgan fingerprint density at radius 2 is 2.53 bits per heavy atom. The number of aliphatic hydroxyl groups excluding tert-OH is 1. The zero-order valence-electron chi connectivity index (χ0n) is 9.09. The summed E-state index contributed by atoms with van der Waals surface area (Å²) in [6.07, 6.45) is 5.46. The fourth-order valence-corrected chi connectivity index (χ4v) is 3.03. The number of hydrogen-bond donors (Lipinski definition) is 1. The number of aromatic nitrogens is 1. The van der Waals surface area contributed by atoms with Crippen LogP contribution in [0.2, 0.25) is 0 Å². The fraction of sp³-hybridized carbons (Fsp3) is 0.727. The quantitative estimate of drug-likeness (QED) is 0.857. The second-order valence-electron chi connectivity index (χ2n) is 4.12. The van der Waals surface area contributed by atoms with Crippen LogP contribution >= 0.6 is 11.3 Å². The van der Waals surface area contributed by atoms with Gasteiger partial charge in [-0.25, -0.2) is 4.98 Å². The molecule has 1 N–H and O–H groups in total. The van der Waals surface area contributed by atoms with Crippen LogP contribution in [0.4, 0.5) is 0 Å². The maximum atomic E-state index is 9.35. The highest BCUT2D eigenvalue weighted by molar-refractivity contribution is 7.09. The van der Waals surface area contributed by atoms with E-state index in [2.05, 4.69) is 16.8 Å². The van der Waals surface area contributed by atoms with Crippen LogP contribution in [0.25, 0.3) is 0 Å². The predicted octanol–water partition coefficient (Wildman–Crippen LogP) is 2.05. The van der Waals surface area contributed by atoms with Crippen molar-refractivity contribution in [3.05, 3.63) is 16.6 Å². The van der Waals surface area contributed by atoms with E-state index in [1.54, 1.807) is 11.3 Å². The molecule has 3 nitrogen and oxygen atoms in total. The van der Waals surface area contributed by atoms with E-state index in [0.29, 0.717) is 12.1 Å². The summed E-state index contributed by atoms with van der Waals surface area (Å²) < 4.78 is 0. The number of aliphatic hydroxyl groups is 1. The molecule has 1 aliphatic heterocycles. The number of hydrogen-bond acceptors (Lipinski definition) is 4. The maximum absolute atomic E-state index is 9.35. The monoisotopic (exact) mass is 226 g/mol. The third kappa shape index (κ3) is 2.38. The lowest BCUT2D eigenvalue weighted by Gasteiger charge is -2.38. The maximum Gasteiger partial charge on any atom is 0.109 e. The first-order chi connectivity index (χ1) is 7.33. The van der Waals surface area contributed by atoms with Crippen molar-refractivity contribution in [3.63, 3.8) is 0 Å². The van der Waals surface area contributed by atoms with Gasteiger partial charge in [0.25, 0.3) is 0 Å². The molecule has 1 aromatic rings. The van der Waals surface area contributed by atoms with Crippen LogP contribution in [-0.2, 0) is 0 Å². The summed E-state index contributed by atoms with van der Waals surface area (Å²) in [6, 6.07) is 0.681. The van der Waals surface area contributed by atoms with Gasteiger partial charge in [0.1, 0.15) is 5.01 Å².